The van der Waals surface area contributed by atoms with E-state index in [0.29, 0.717) is 6.54 Å². The SMILES string of the molecule is CNS(=O)(=O)c1ccc(NCC(C)(C)CO)cc1. The van der Waals surface area contributed by atoms with Crippen LogP contribution in [0.3, 0.4) is 0 Å². The maximum atomic E-state index is 11.5. The van der Waals surface area contributed by atoms with E-state index in [1.54, 1.807) is 24.3 Å². The minimum absolute atomic E-state index is 0.0895. The molecule has 18 heavy (non-hydrogen) atoms. The molecule has 0 spiro atoms. The average Bonchev–Trinajstić information content (AvgIpc) is 2.37. The molecule has 0 fully saturated rings. The number of aliphatic hydroxyl groups excluding tert-OH is 1. The second-order valence-corrected chi connectivity index (χ2v) is 6.79. The van der Waals surface area contributed by atoms with Gasteiger partial charge in [-0.05, 0) is 31.3 Å². The molecular weight excluding hydrogens is 252 g/mol. The molecule has 0 aliphatic rings. The van der Waals surface area contributed by atoms with Crippen molar-refractivity contribution in [3.63, 3.8) is 0 Å². The highest BCUT2D eigenvalue weighted by Crippen LogP contribution is 2.17. The molecule has 0 amide bonds. The van der Waals surface area contributed by atoms with E-state index in [9.17, 15) is 8.42 Å². The lowest BCUT2D eigenvalue weighted by atomic mass is 9.95. The minimum atomic E-state index is -3.38. The van der Waals surface area contributed by atoms with Crippen molar-refractivity contribution in [1.29, 1.82) is 0 Å². The second-order valence-electron chi connectivity index (χ2n) is 4.91. The number of sulfonamides is 1. The molecule has 0 unspecified atom stereocenters. The van der Waals surface area contributed by atoms with Crippen molar-refractivity contribution in [1.82, 2.24) is 4.72 Å². The first kappa shape index (κ1) is 14.9. The van der Waals surface area contributed by atoms with Crippen LogP contribution in [0, 0.1) is 5.41 Å². The summed E-state index contributed by atoms with van der Waals surface area (Å²) in [6.07, 6.45) is 0. The molecule has 0 bridgehead atoms. The zero-order valence-corrected chi connectivity index (χ0v) is 11.7. The molecule has 0 aromatic heterocycles. The summed E-state index contributed by atoms with van der Waals surface area (Å²) in [4.78, 5) is 0.233. The van der Waals surface area contributed by atoms with Crippen LogP contribution in [0.25, 0.3) is 0 Å². The molecule has 1 aromatic rings. The summed E-state index contributed by atoms with van der Waals surface area (Å²) in [5, 5.41) is 12.3. The fraction of sp³-hybridized carbons (Fsp3) is 0.500. The summed E-state index contributed by atoms with van der Waals surface area (Å²) in [6.45, 7) is 4.59. The van der Waals surface area contributed by atoms with Crippen molar-refractivity contribution in [2.24, 2.45) is 5.41 Å². The molecular formula is C12H20N2O3S. The van der Waals surface area contributed by atoms with E-state index in [4.69, 9.17) is 5.11 Å². The van der Waals surface area contributed by atoms with Gasteiger partial charge < -0.3 is 10.4 Å². The van der Waals surface area contributed by atoms with Crippen LogP contribution in [0.15, 0.2) is 29.2 Å². The van der Waals surface area contributed by atoms with Crippen LogP contribution >= 0.6 is 0 Å². The van der Waals surface area contributed by atoms with Gasteiger partial charge in [0.05, 0.1) is 4.90 Å². The van der Waals surface area contributed by atoms with Crippen LogP contribution in [0.2, 0.25) is 0 Å². The Kier molecular flexibility index (Phi) is 4.72. The van der Waals surface area contributed by atoms with E-state index < -0.39 is 10.0 Å². The van der Waals surface area contributed by atoms with Crippen LogP contribution in [-0.4, -0.2) is 33.7 Å². The van der Waals surface area contributed by atoms with E-state index in [1.807, 2.05) is 13.8 Å². The molecule has 0 aliphatic carbocycles. The van der Waals surface area contributed by atoms with E-state index in [1.165, 1.54) is 7.05 Å². The Morgan fingerprint density at radius 3 is 2.22 bits per heavy atom. The van der Waals surface area contributed by atoms with Crippen molar-refractivity contribution in [2.75, 3.05) is 25.5 Å². The molecule has 1 aromatic carbocycles. The van der Waals surface area contributed by atoms with Crippen LogP contribution in [0.4, 0.5) is 5.69 Å². The standard InChI is InChI=1S/C12H20N2O3S/c1-12(2,9-15)8-14-10-4-6-11(7-5-10)18(16,17)13-3/h4-7,13-15H,8-9H2,1-3H3. The van der Waals surface area contributed by atoms with Crippen LogP contribution in [0.1, 0.15) is 13.8 Å². The fourth-order valence-electron chi connectivity index (χ4n) is 1.27. The monoisotopic (exact) mass is 272 g/mol. The quantitative estimate of drug-likeness (QED) is 0.722. The van der Waals surface area contributed by atoms with Gasteiger partial charge in [-0.2, -0.15) is 0 Å². The Morgan fingerprint density at radius 2 is 1.78 bits per heavy atom. The molecule has 0 atom stereocenters. The molecule has 5 nitrogen and oxygen atoms in total. The zero-order valence-electron chi connectivity index (χ0n) is 10.9. The third-order valence-corrected chi connectivity index (χ3v) is 4.06. The van der Waals surface area contributed by atoms with Crippen LogP contribution in [-0.2, 0) is 10.0 Å². The first-order valence-corrected chi connectivity index (χ1v) is 7.17. The minimum Gasteiger partial charge on any atom is -0.396 e. The molecule has 3 N–H and O–H groups in total. The van der Waals surface area contributed by atoms with Gasteiger partial charge in [-0.25, -0.2) is 13.1 Å². The largest absolute Gasteiger partial charge is 0.396 e. The molecule has 0 aliphatic heterocycles. The predicted molar refractivity (Wildman–Crippen MR) is 72.0 cm³/mol. The lowest BCUT2D eigenvalue weighted by Gasteiger charge is -2.22. The maximum Gasteiger partial charge on any atom is 0.240 e. The smallest absolute Gasteiger partial charge is 0.240 e. The highest BCUT2D eigenvalue weighted by molar-refractivity contribution is 7.89. The maximum absolute atomic E-state index is 11.5. The zero-order chi connectivity index (χ0) is 13.8. The number of hydrogen-bond acceptors (Lipinski definition) is 4. The predicted octanol–water partition coefficient (Wildman–Crippen LogP) is 1.03. The van der Waals surface area contributed by atoms with Gasteiger partial charge in [0.25, 0.3) is 0 Å². The Bertz CT molecular complexity index is 481. The lowest BCUT2D eigenvalue weighted by molar-refractivity contribution is 0.171. The highest BCUT2D eigenvalue weighted by atomic mass is 32.2. The van der Waals surface area contributed by atoms with Gasteiger partial charge in [-0.1, -0.05) is 13.8 Å². The average molecular weight is 272 g/mol. The summed E-state index contributed by atoms with van der Waals surface area (Å²) in [6, 6.07) is 6.50. The number of nitrogens with one attached hydrogen (secondary N) is 2. The summed E-state index contributed by atoms with van der Waals surface area (Å²) in [7, 11) is -2.00. The number of benzene rings is 1. The van der Waals surface area contributed by atoms with E-state index >= 15 is 0 Å². The van der Waals surface area contributed by atoms with Crippen molar-refractivity contribution in [3.8, 4) is 0 Å². The Labute approximate surface area is 108 Å². The highest BCUT2D eigenvalue weighted by Gasteiger charge is 2.16. The molecule has 1 rings (SSSR count). The summed E-state index contributed by atoms with van der Waals surface area (Å²) in [5.74, 6) is 0. The Balaban J connectivity index is 2.73. The number of hydrogen-bond donors (Lipinski definition) is 3. The van der Waals surface area contributed by atoms with Gasteiger partial charge in [0, 0.05) is 24.3 Å². The second kappa shape index (κ2) is 5.69. The topological polar surface area (TPSA) is 78.4 Å². The van der Waals surface area contributed by atoms with Gasteiger partial charge in [0.2, 0.25) is 10.0 Å². The van der Waals surface area contributed by atoms with Crippen LogP contribution < -0.4 is 10.0 Å². The van der Waals surface area contributed by atoms with Crippen molar-refractivity contribution in [3.05, 3.63) is 24.3 Å². The van der Waals surface area contributed by atoms with Gasteiger partial charge >= 0.3 is 0 Å². The van der Waals surface area contributed by atoms with Gasteiger partial charge in [0.1, 0.15) is 0 Å². The van der Waals surface area contributed by atoms with Gasteiger partial charge in [-0.15, -0.1) is 0 Å². The normalized spacial score (nSPS) is 12.4. The molecule has 0 heterocycles. The summed E-state index contributed by atoms with van der Waals surface area (Å²) >= 11 is 0. The first-order valence-electron chi connectivity index (χ1n) is 5.69. The number of anilines is 1. The molecule has 0 saturated heterocycles. The van der Waals surface area contributed by atoms with Crippen molar-refractivity contribution >= 4 is 15.7 Å². The Morgan fingerprint density at radius 1 is 1.22 bits per heavy atom. The van der Waals surface area contributed by atoms with Gasteiger partial charge in [-0.3, -0.25) is 0 Å². The number of rotatable bonds is 6. The van der Waals surface area contributed by atoms with Crippen molar-refractivity contribution < 1.29 is 13.5 Å². The third-order valence-electron chi connectivity index (χ3n) is 2.63. The van der Waals surface area contributed by atoms with Crippen LogP contribution in [0.5, 0.6) is 0 Å². The van der Waals surface area contributed by atoms with E-state index in [0.717, 1.165) is 5.69 Å². The first-order chi connectivity index (χ1) is 8.30. The Hall–Kier alpha value is -1.11. The fourth-order valence-corrected chi connectivity index (χ4v) is 2.00. The van der Waals surface area contributed by atoms with Crippen molar-refractivity contribution in [2.45, 2.75) is 18.7 Å². The molecule has 0 radical (unpaired) electrons. The third kappa shape index (κ3) is 3.97. The number of aliphatic hydroxyl groups is 1. The molecule has 102 valence electrons. The van der Waals surface area contributed by atoms with Gasteiger partial charge in [0.15, 0.2) is 0 Å². The lowest BCUT2D eigenvalue weighted by Crippen LogP contribution is -2.26. The molecule has 6 heteroatoms. The molecule has 0 saturated carbocycles. The van der Waals surface area contributed by atoms with E-state index in [-0.39, 0.29) is 16.9 Å². The van der Waals surface area contributed by atoms with E-state index in [2.05, 4.69) is 10.0 Å². The summed E-state index contributed by atoms with van der Waals surface area (Å²) < 4.78 is 25.3. The summed E-state index contributed by atoms with van der Waals surface area (Å²) in [5.41, 5.74) is 0.613.